The summed E-state index contributed by atoms with van der Waals surface area (Å²) >= 11 is 0. The fraction of sp³-hybridized carbons (Fsp3) is 0.810. The molecule has 3 rings (SSSR count). The molecule has 0 aliphatic heterocycles. The third kappa shape index (κ3) is 4.26. The van der Waals surface area contributed by atoms with Crippen LogP contribution in [0.15, 0.2) is 24.3 Å². The van der Waals surface area contributed by atoms with E-state index in [0.717, 1.165) is 43.4 Å². The van der Waals surface area contributed by atoms with Gasteiger partial charge < -0.3 is 0 Å². The monoisotopic (exact) mass is 340 g/mol. The normalized spacial score (nSPS) is 38.5. The standard InChI is InChI=1S/C21H31F3/c1-2-15-3-5-16(6-4-15)17-7-9-18(10-8-17)19-11-13-20(14-12-19)21(22,23)24/h2,9,15-17,19-20H,1,3-8,10-14H2. The second-order valence-corrected chi connectivity index (χ2v) is 8.31. The molecule has 3 heteroatoms. The van der Waals surface area contributed by atoms with E-state index in [1.54, 1.807) is 0 Å². The zero-order chi connectivity index (χ0) is 17.2. The average molecular weight is 340 g/mol. The topological polar surface area (TPSA) is 0 Å². The second-order valence-electron chi connectivity index (χ2n) is 8.31. The molecule has 0 aromatic rings. The molecule has 0 nitrogen and oxygen atoms in total. The lowest BCUT2D eigenvalue weighted by Crippen LogP contribution is -2.29. The fourth-order valence-electron chi connectivity index (χ4n) is 5.32. The van der Waals surface area contributed by atoms with E-state index in [1.807, 2.05) is 0 Å². The van der Waals surface area contributed by atoms with Crippen molar-refractivity contribution in [2.45, 2.75) is 76.8 Å². The SMILES string of the molecule is C=CC1CCC(C2CC=C(C3CCC(C(F)(F)F)CC3)CC2)CC1. The summed E-state index contributed by atoms with van der Waals surface area (Å²) in [6.07, 6.45) is 11.5. The van der Waals surface area contributed by atoms with Crippen LogP contribution in [0.2, 0.25) is 0 Å². The molecule has 136 valence electrons. The van der Waals surface area contributed by atoms with E-state index in [1.165, 1.54) is 37.7 Å². The van der Waals surface area contributed by atoms with E-state index in [2.05, 4.69) is 18.7 Å². The highest BCUT2D eigenvalue weighted by molar-refractivity contribution is 5.12. The molecular formula is C21H31F3. The van der Waals surface area contributed by atoms with E-state index < -0.39 is 12.1 Å². The molecule has 2 fully saturated rings. The third-order valence-electron chi connectivity index (χ3n) is 7.02. The van der Waals surface area contributed by atoms with Crippen LogP contribution in [-0.4, -0.2) is 6.18 Å². The first kappa shape index (κ1) is 18.1. The summed E-state index contributed by atoms with van der Waals surface area (Å²) in [4.78, 5) is 0. The highest BCUT2D eigenvalue weighted by Crippen LogP contribution is 2.45. The van der Waals surface area contributed by atoms with Crippen molar-refractivity contribution < 1.29 is 13.2 Å². The Morgan fingerprint density at radius 2 is 1.54 bits per heavy atom. The summed E-state index contributed by atoms with van der Waals surface area (Å²) in [6, 6.07) is 0. The van der Waals surface area contributed by atoms with Gasteiger partial charge in [-0.1, -0.05) is 17.7 Å². The summed E-state index contributed by atoms with van der Waals surface area (Å²) in [5.74, 6) is 1.78. The Morgan fingerprint density at radius 3 is 2.04 bits per heavy atom. The molecule has 0 aromatic carbocycles. The van der Waals surface area contributed by atoms with Crippen LogP contribution in [0.25, 0.3) is 0 Å². The highest BCUT2D eigenvalue weighted by atomic mass is 19.4. The van der Waals surface area contributed by atoms with Crippen LogP contribution in [0, 0.1) is 29.6 Å². The van der Waals surface area contributed by atoms with Gasteiger partial charge in [-0.3, -0.25) is 0 Å². The van der Waals surface area contributed by atoms with Gasteiger partial charge in [0.15, 0.2) is 0 Å². The van der Waals surface area contributed by atoms with Gasteiger partial charge >= 0.3 is 6.18 Å². The Kier molecular flexibility index (Phi) is 5.77. The van der Waals surface area contributed by atoms with E-state index in [-0.39, 0.29) is 0 Å². The van der Waals surface area contributed by atoms with Crippen molar-refractivity contribution >= 4 is 0 Å². The maximum atomic E-state index is 12.8. The molecule has 0 radical (unpaired) electrons. The number of alkyl halides is 3. The maximum absolute atomic E-state index is 12.8. The molecule has 0 N–H and O–H groups in total. The summed E-state index contributed by atoms with van der Waals surface area (Å²) < 4.78 is 38.4. The van der Waals surface area contributed by atoms with Crippen molar-refractivity contribution in [3.8, 4) is 0 Å². The molecule has 0 aromatic heterocycles. The van der Waals surface area contributed by atoms with Crippen LogP contribution in [0.5, 0.6) is 0 Å². The van der Waals surface area contributed by atoms with Gasteiger partial charge in [0.2, 0.25) is 0 Å². The molecule has 3 aliphatic carbocycles. The smallest absolute Gasteiger partial charge is 0.171 e. The number of halogens is 3. The predicted octanol–water partition coefficient (Wildman–Crippen LogP) is 7.07. The first-order valence-electron chi connectivity index (χ1n) is 9.85. The first-order chi connectivity index (χ1) is 11.5. The van der Waals surface area contributed by atoms with Gasteiger partial charge in [-0.15, -0.1) is 6.58 Å². The Bertz CT molecular complexity index is 446. The Hall–Kier alpha value is -0.730. The zero-order valence-corrected chi connectivity index (χ0v) is 14.7. The van der Waals surface area contributed by atoms with E-state index in [4.69, 9.17) is 0 Å². The van der Waals surface area contributed by atoms with Gasteiger partial charge in [0.25, 0.3) is 0 Å². The van der Waals surface area contributed by atoms with Gasteiger partial charge in [-0.2, -0.15) is 13.2 Å². The number of rotatable bonds is 3. The van der Waals surface area contributed by atoms with Crippen molar-refractivity contribution in [1.29, 1.82) is 0 Å². The van der Waals surface area contributed by atoms with Gasteiger partial charge in [0, 0.05) is 0 Å². The molecule has 2 saturated carbocycles. The molecule has 0 amide bonds. The fourth-order valence-corrected chi connectivity index (χ4v) is 5.32. The van der Waals surface area contributed by atoms with Gasteiger partial charge in [-0.25, -0.2) is 0 Å². The van der Waals surface area contributed by atoms with Crippen molar-refractivity contribution in [3.05, 3.63) is 24.3 Å². The third-order valence-corrected chi connectivity index (χ3v) is 7.02. The van der Waals surface area contributed by atoms with Crippen molar-refractivity contribution in [2.24, 2.45) is 29.6 Å². The summed E-state index contributed by atoms with van der Waals surface area (Å²) in [5.41, 5.74) is 1.48. The Balaban J connectivity index is 1.47. The zero-order valence-electron chi connectivity index (χ0n) is 14.7. The molecule has 24 heavy (non-hydrogen) atoms. The Morgan fingerprint density at radius 1 is 0.875 bits per heavy atom. The van der Waals surface area contributed by atoms with Crippen molar-refractivity contribution in [3.63, 3.8) is 0 Å². The molecule has 1 unspecified atom stereocenters. The first-order valence-corrected chi connectivity index (χ1v) is 9.85. The van der Waals surface area contributed by atoms with Gasteiger partial charge in [-0.05, 0) is 94.3 Å². The number of allylic oxidation sites excluding steroid dienone is 3. The van der Waals surface area contributed by atoms with E-state index in [0.29, 0.717) is 18.8 Å². The average Bonchev–Trinajstić information content (AvgIpc) is 2.61. The number of hydrogen-bond acceptors (Lipinski definition) is 0. The lowest BCUT2D eigenvalue weighted by atomic mass is 9.69. The molecule has 0 heterocycles. The minimum absolute atomic E-state index is 0.334. The minimum Gasteiger partial charge on any atom is -0.171 e. The van der Waals surface area contributed by atoms with E-state index >= 15 is 0 Å². The highest BCUT2D eigenvalue weighted by Gasteiger charge is 2.42. The summed E-state index contributed by atoms with van der Waals surface area (Å²) in [6.45, 7) is 3.92. The Labute approximate surface area is 144 Å². The molecule has 0 spiro atoms. The van der Waals surface area contributed by atoms with Crippen LogP contribution < -0.4 is 0 Å². The van der Waals surface area contributed by atoms with Crippen molar-refractivity contribution in [2.75, 3.05) is 0 Å². The van der Waals surface area contributed by atoms with Crippen LogP contribution in [0.1, 0.15) is 70.6 Å². The molecule has 0 saturated heterocycles. The van der Waals surface area contributed by atoms with Crippen LogP contribution >= 0.6 is 0 Å². The largest absolute Gasteiger partial charge is 0.391 e. The predicted molar refractivity (Wildman–Crippen MR) is 92.6 cm³/mol. The lowest BCUT2D eigenvalue weighted by Gasteiger charge is -2.37. The quantitative estimate of drug-likeness (QED) is 0.482. The summed E-state index contributed by atoms with van der Waals surface area (Å²) in [5, 5.41) is 0. The van der Waals surface area contributed by atoms with Gasteiger partial charge in [0.05, 0.1) is 5.92 Å². The second kappa shape index (κ2) is 7.66. The number of hydrogen-bond donors (Lipinski definition) is 0. The van der Waals surface area contributed by atoms with Gasteiger partial charge in [0.1, 0.15) is 0 Å². The maximum Gasteiger partial charge on any atom is 0.391 e. The molecular weight excluding hydrogens is 309 g/mol. The molecule has 3 aliphatic rings. The summed E-state index contributed by atoms with van der Waals surface area (Å²) in [7, 11) is 0. The molecule has 1 atom stereocenters. The van der Waals surface area contributed by atoms with Crippen LogP contribution in [0.4, 0.5) is 13.2 Å². The van der Waals surface area contributed by atoms with Crippen LogP contribution in [-0.2, 0) is 0 Å². The minimum atomic E-state index is -3.98. The van der Waals surface area contributed by atoms with Crippen molar-refractivity contribution in [1.82, 2.24) is 0 Å². The van der Waals surface area contributed by atoms with Crippen LogP contribution in [0.3, 0.4) is 0 Å². The molecule has 0 bridgehead atoms. The van der Waals surface area contributed by atoms with E-state index in [9.17, 15) is 13.2 Å². The lowest BCUT2D eigenvalue weighted by molar-refractivity contribution is -0.183.